The molecule has 1 aromatic rings. The number of hydrogen-bond acceptors (Lipinski definition) is 4. The molecule has 1 aromatic carbocycles. The zero-order chi connectivity index (χ0) is 17.5. The number of imide groups is 1. The Morgan fingerprint density at radius 3 is 2.75 bits per heavy atom. The second-order valence-electron chi connectivity index (χ2n) is 6.20. The van der Waals surface area contributed by atoms with E-state index in [1.807, 2.05) is 0 Å². The lowest BCUT2D eigenvalue weighted by atomic mass is 9.96. The van der Waals surface area contributed by atoms with E-state index in [9.17, 15) is 14.4 Å². The highest BCUT2D eigenvalue weighted by molar-refractivity contribution is 6.32. The van der Waals surface area contributed by atoms with Crippen LogP contribution in [0.4, 0.5) is 10.5 Å². The summed E-state index contributed by atoms with van der Waals surface area (Å²) in [6.07, 6.45) is 1.82. The fourth-order valence-electron chi connectivity index (χ4n) is 2.88. The molecule has 4 amide bonds. The number of methoxy groups -OCH3 is 1. The molecule has 2 aliphatic rings. The van der Waals surface area contributed by atoms with Crippen LogP contribution in [0.3, 0.4) is 0 Å². The number of urea groups is 1. The van der Waals surface area contributed by atoms with Gasteiger partial charge in [-0.2, -0.15) is 0 Å². The van der Waals surface area contributed by atoms with Gasteiger partial charge in [0.05, 0.1) is 12.1 Å². The molecule has 1 aliphatic carbocycles. The highest BCUT2D eigenvalue weighted by atomic mass is 35.5. The van der Waals surface area contributed by atoms with Crippen molar-refractivity contribution in [3.63, 3.8) is 0 Å². The molecule has 0 radical (unpaired) electrons. The van der Waals surface area contributed by atoms with E-state index in [0.29, 0.717) is 16.5 Å². The van der Waals surface area contributed by atoms with Gasteiger partial charge in [-0.05, 0) is 43.9 Å². The Morgan fingerprint density at radius 1 is 1.46 bits per heavy atom. The first kappa shape index (κ1) is 16.6. The third kappa shape index (κ3) is 2.91. The molecule has 0 spiro atoms. The van der Waals surface area contributed by atoms with Crippen molar-refractivity contribution in [3.8, 4) is 5.75 Å². The summed E-state index contributed by atoms with van der Waals surface area (Å²) in [6.45, 7) is 1.38. The van der Waals surface area contributed by atoms with Gasteiger partial charge < -0.3 is 15.4 Å². The number of nitrogens with zero attached hydrogens (tertiary/aromatic N) is 1. The number of benzene rings is 1. The number of rotatable bonds is 5. The van der Waals surface area contributed by atoms with Crippen molar-refractivity contribution >= 4 is 35.1 Å². The van der Waals surface area contributed by atoms with Gasteiger partial charge in [0.15, 0.2) is 0 Å². The lowest BCUT2D eigenvalue weighted by Gasteiger charge is -2.20. The second-order valence-corrected chi connectivity index (χ2v) is 6.60. The van der Waals surface area contributed by atoms with Crippen LogP contribution in [0.25, 0.3) is 0 Å². The van der Waals surface area contributed by atoms with Gasteiger partial charge in [-0.1, -0.05) is 11.6 Å². The number of anilines is 1. The smallest absolute Gasteiger partial charge is 0.325 e. The largest absolute Gasteiger partial charge is 0.495 e. The lowest BCUT2D eigenvalue weighted by molar-refractivity contribution is -0.134. The first-order valence-electron chi connectivity index (χ1n) is 7.62. The van der Waals surface area contributed by atoms with Crippen molar-refractivity contribution < 1.29 is 19.1 Å². The summed E-state index contributed by atoms with van der Waals surface area (Å²) < 4.78 is 5.04. The van der Waals surface area contributed by atoms with Crippen molar-refractivity contribution in [1.82, 2.24) is 10.2 Å². The standard InChI is InChI=1S/C16H18ClN3O4/c1-16(9-3-4-9)14(22)20(15(23)19-16)8-13(21)18-10-5-6-12(24-2)11(17)7-10/h5-7,9H,3-4,8H2,1-2H3,(H,18,21)(H,19,23). The number of carbonyl (C=O) groups is 3. The van der Waals surface area contributed by atoms with E-state index in [-0.39, 0.29) is 18.4 Å². The monoisotopic (exact) mass is 351 g/mol. The molecule has 0 bridgehead atoms. The molecule has 3 rings (SSSR count). The van der Waals surface area contributed by atoms with Crippen LogP contribution in [0, 0.1) is 5.92 Å². The zero-order valence-electron chi connectivity index (χ0n) is 13.4. The summed E-state index contributed by atoms with van der Waals surface area (Å²) in [4.78, 5) is 37.6. The van der Waals surface area contributed by atoms with Crippen molar-refractivity contribution in [2.75, 3.05) is 19.0 Å². The number of ether oxygens (including phenoxy) is 1. The normalized spacial score (nSPS) is 23.2. The second kappa shape index (κ2) is 5.98. The molecule has 7 nitrogen and oxygen atoms in total. The van der Waals surface area contributed by atoms with E-state index in [0.717, 1.165) is 17.7 Å². The Morgan fingerprint density at radius 2 is 2.17 bits per heavy atom. The molecule has 8 heteroatoms. The summed E-state index contributed by atoms with van der Waals surface area (Å²) in [6, 6.07) is 4.26. The Balaban J connectivity index is 1.65. The number of amides is 4. The van der Waals surface area contributed by atoms with Crippen molar-refractivity contribution in [3.05, 3.63) is 23.2 Å². The molecule has 128 valence electrons. The fraction of sp³-hybridized carbons (Fsp3) is 0.438. The summed E-state index contributed by atoms with van der Waals surface area (Å²) in [5.41, 5.74) is -0.427. The molecule has 1 saturated heterocycles. The van der Waals surface area contributed by atoms with Crippen molar-refractivity contribution in [2.45, 2.75) is 25.3 Å². The van der Waals surface area contributed by atoms with Gasteiger partial charge in [-0.25, -0.2) is 4.79 Å². The quantitative estimate of drug-likeness (QED) is 0.794. The zero-order valence-corrected chi connectivity index (χ0v) is 14.1. The predicted octanol–water partition coefficient (Wildman–Crippen LogP) is 2.01. The maximum absolute atomic E-state index is 12.5. The topological polar surface area (TPSA) is 87.7 Å². The Kier molecular flexibility index (Phi) is 4.13. The summed E-state index contributed by atoms with van der Waals surface area (Å²) >= 11 is 6.00. The Hall–Kier alpha value is -2.28. The summed E-state index contributed by atoms with van der Waals surface area (Å²) in [7, 11) is 1.49. The van der Waals surface area contributed by atoms with Crippen LogP contribution in [0.2, 0.25) is 5.02 Å². The molecule has 1 atom stereocenters. The minimum atomic E-state index is -0.888. The molecule has 2 fully saturated rings. The molecule has 24 heavy (non-hydrogen) atoms. The predicted molar refractivity (Wildman–Crippen MR) is 88.0 cm³/mol. The van der Waals surface area contributed by atoms with Gasteiger partial charge in [0.2, 0.25) is 5.91 Å². The third-order valence-electron chi connectivity index (χ3n) is 4.43. The van der Waals surface area contributed by atoms with Crippen molar-refractivity contribution in [1.29, 1.82) is 0 Å². The van der Waals surface area contributed by atoms with Gasteiger partial charge >= 0.3 is 6.03 Å². The van der Waals surface area contributed by atoms with Crippen LogP contribution in [-0.4, -0.2) is 41.9 Å². The van der Waals surface area contributed by atoms with E-state index in [2.05, 4.69) is 10.6 Å². The molecule has 1 saturated carbocycles. The van der Waals surface area contributed by atoms with Gasteiger partial charge in [0, 0.05) is 5.69 Å². The SMILES string of the molecule is COc1ccc(NC(=O)CN2C(=O)NC(C)(C3CC3)C2=O)cc1Cl. The van der Waals surface area contributed by atoms with E-state index < -0.39 is 17.5 Å². The maximum Gasteiger partial charge on any atom is 0.325 e. The average molecular weight is 352 g/mol. The first-order chi connectivity index (χ1) is 11.3. The van der Waals surface area contributed by atoms with Gasteiger partial charge in [0.25, 0.3) is 5.91 Å². The van der Waals surface area contributed by atoms with Gasteiger partial charge in [0.1, 0.15) is 17.8 Å². The molecular formula is C16H18ClN3O4. The van der Waals surface area contributed by atoms with Crippen LogP contribution in [0.1, 0.15) is 19.8 Å². The highest BCUT2D eigenvalue weighted by Crippen LogP contribution is 2.42. The maximum atomic E-state index is 12.5. The van der Waals surface area contributed by atoms with Crippen LogP contribution in [0.15, 0.2) is 18.2 Å². The van der Waals surface area contributed by atoms with E-state index >= 15 is 0 Å². The average Bonchev–Trinajstić information content (AvgIpc) is 3.34. The van der Waals surface area contributed by atoms with Crippen LogP contribution in [0.5, 0.6) is 5.75 Å². The number of hydrogen-bond donors (Lipinski definition) is 2. The van der Waals surface area contributed by atoms with Crippen molar-refractivity contribution in [2.24, 2.45) is 5.92 Å². The number of halogens is 1. The number of carbonyl (C=O) groups excluding carboxylic acids is 3. The van der Waals surface area contributed by atoms with E-state index in [1.165, 1.54) is 7.11 Å². The number of nitrogens with one attached hydrogen (secondary N) is 2. The van der Waals surface area contributed by atoms with Crippen LogP contribution in [-0.2, 0) is 9.59 Å². The molecular weight excluding hydrogens is 334 g/mol. The summed E-state index contributed by atoms with van der Waals surface area (Å²) in [5.74, 6) is -0.177. The molecule has 1 aliphatic heterocycles. The van der Waals surface area contributed by atoms with Crippen LogP contribution >= 0.6 is 11.6 Å². The van der Waals surface area contributed by atoms with Crippen LogP contribution < -0.4 is 15.4 Å². The lowest BCUT2D eigenvalue weighted by Crippen LogP contribution is -2.46. The van der Waals surface area contributed by atoms with E-state index in [4.69, 9.17) is 16.3 Å². The Bertz CT molecular complexity index is 719. The fourth-order valence-corrected chi connectivity index (χ4v) is 3.14. The summed E-state index contributed by atoms with van der Waals surface area (Å²) in [5, 5.41) is 5.68. The minimum absolute atomic E-state index is 0.155. The third-order valence-corrected chi connectivity index (χ3v) is 4.73. The first-order valence-corrected chi connectivity index (χ1v) is 8.00. The van der Waals surface area contributed by atoms with E-state index in [1.54, 1.807) is 25.1 Å². The molecule has 2 N–H and O–H groups in total. The minimum Gasteiger partial charge on any atom is -0.495 e. The molecule has 1 unspecified atom stereocenters. The van der Waals surface area contributed by atoms with Gasteiger partial charge in [-0.15, -0.1) is 0 Å². The highest BCUT2D eigenvalue weighted by Gasteiger charge is 2.56. The Labute approximate surface area is 144 Å². The van der Waals surface area contributed by atoms with Gasteiger partial charge in [-0.3, -0.25) is 14.5 Å². The molecule has 1 heterocycles. The molecule has 0 aromatic heterocycles.